The van der Waals surface area contributed by atoms with E-state index in [2.05, 4.69) is 64.9 Å². The van der Waals surface area contributed by atoms with Crippen molar-refractivity contribution in [3.05, 3.63) is 11.6 Å². The number of nitrogens with one attached hydrogen (secondary N) is 1. The second kappa shape index (κ2) is 7.14. The number of nitrogens with zero attached hydrogens (tertiary/aromatic N) is 1. The van der Waals surface area contributed by atoms with E-state index < -0.39 is 0 Å². The molecule has 0 spiro atoms. The number of hydrogen-bond donors (Lipinski definition) is 1. The van der Waals surface area contributed by atoms with Crippen molar-refractivity contribution in [2.45, 2.75) is 97.9 Å². The first-order valence-corrected chi connectivity index (χ1v) is 8.42. The van der Waals surface area contributed by atoms with E-state index in [4.69, 9.17) is 4.84 Å². The maximum atomic E-state index is 11.4. The lowest BCUT2D eigenvalue weighted by atomic mass is 9.79. The van der Waals surface area contributed by atoms with Gasteiger partial charge in [0.1, 0.15) is 0 Å². The van der Waals surface area contributed by atoms with Crippen molar-refractivity contribution >= 4 is 5.91 Å². The summed E-state index contributed by atoms with van der Waals surface area (Å²) in [6.07, 6.45) is 5.00. The van der Waals surface area contributed by atoms with Crippen LogP contribution in [0.2, 0.25) is 0 Å². The second-order valence-electron chi connectivity index (χ2n) is 7.69. The summed E-state index contributed by atoms with van der Waals surface area (Å²) in [6, 6.07) is 0.199. The zero-order valence-corrected chi connectivity index (χ0v) is 15.6. The summed E-state index contributed by atoms with van der Waals surface area (Å²) in [4.78, 5) is 17.8. The number of piperidine rings is 1. The van der Waals surface area contributed by atoms with Crippen LogP contribution in [0.3, 0.4) is 0 Å². The fourth-order valence-corrected chi connectivity index (χ4v) is 3.89. The highest BCUT2D eigenvalue weighted by Crippen LogP contribution is 2.39. The lowest BCUT2D eigenvalue weighted by Crippen LogP contribution is -2.64. The molecule has 0 aromatic rings. The minimum atomic E-state index is -0.129. The summed E-state index contributed by atoms with van der Waals surface area (Å²) in [7, 11) is 0. The van der Waals surface area contributed by atoms with Gasteiger partial charge in [-0.05, 0) is 66.4 Å². The number of allylic oxidation sites excluding steroid dienone is 1. The molecule has 4 nitrogen and oxygen atoms in total. The Kier molecular flexibility index (Phi) is 6.22. The molecule has 4 heteroatoms. The molecular formula is C18H34N2O2. The maximum Gasteiger partial charge on any atom is 0.217 e. The van der Waals surface area contributed by atoms with Crippen molar-refractivity contribution in [3.8, 4) is 0 Å². The first-order valence-electron chi connectivity index (χ1n) is 8.42. The number of rotatable bonds is 5. The minimum Gasteiger partial charge on any atom is -0.353 e. The molecule has 0 bridgehead atoms. The summed E-state index contributed by atoms with van der Waals surface area (Å²) >= 11 is 0. The van der Waals surface area contributed by atoms with E-state index in [9.17, 15) is 4.79 Å². The summed E-state index contributed by atoms with van der Waals surface area (Å²) < 4.78 is 0. The zero-order chi connectivity index (χ0) is 17.1. The highest BCUT2D eigenvalue weighted by molar-refractivity contribution is 5.73. The van der Waals surface area contributed by atoms with E-state index >= 15 is 0 Å². The van der Waals surface area contributed by atoms with Crippen molar-refractivity contribution in [2.24, 2.45) is 0 Å². The van der Waals surface area contributed by atoms with Gasteiger partial charge in [0.15, 0.2) is 0 Å². The van der Waals surface area contributed by atoms with Gasteiger partial charge in [0.2, 0.25) is 5.91 Å². The van der Waals surface area contributed by atoms with Crippen LogP contribution in [0.4, 0.5) is 0 Å². The van der Waals surface area contributed by atoms with Gasteiger partial charge < -0.3 is 5.32 Å². The van der Waals surface area contributed by atoms with Gasteiger partial charge >= 0.3 is 0 Å². The minimum absolute atomic E-state index is 0.0431. The van der Waals surface area contributed by atoms with E-state index in [1.54, 1.807) is 6.92 Å². The van der Waals surface area contributed by atoms with E-state index in [0.717, 1.165) is 19.3 Å². The molecule has 0 aliphatic carbocycles. The Bertz CT molecular complexity index is 409. The quantitative estimate of drug-likeness (QED) is 0.785. The molecule has 128 valence electrons. The molecule has 1 amide bonds. The van der Waals surface area contributed by atoms with Crippen LogP contribution in [0.5, 0.6) is 0 Å². The predicted octanol–water partition coefficient (Wildman–Crippen LogP) is 3.82. The summed E-state index contributed by atoms with van der Waals surface area (Å²) in [5.41, 5.74) is 1.06. The average Bonchev–Trinajstić information content (AvgIpc) is 2.33. The Morgan fingerprint density at radius 3 is 2.18 bits per heavy atom. The monoisotopic (exact) mass is 310 g/mol. The van der Waals surface area contributed by atoms with Crippen LogP contribution in [0.1, 0.15) is 74.7 Å². The number of hydrogen-bond acceptors (Lipinski definition) is 3. The fraction of sp³-hybridized carbons (Fsp3) is 0.833. The van der Waals surface area contributed by atoms with Crippen molar-refractivity contribution in [1.29, 1.82) is 0 Å². The van der Waals surface area contributed by atoms with Gasteiger partial charge in [-0.3, -0.25) is 9.63 Å². The summed E-state index contributed by atoms with van der Waals surface area (Å²) in [5, 5.41) is 5.23. The molecule has 1 N–H and O–H groups in total. The number of carbonyl (C=O) groups excluding carboxylic acids is 1. The van der Waals surface area contributed by atoms with Gasteiger partial charge in [-0.1, -0.05) is 13.0 Å². The van der Waals surface area contributed by atoms with Crippen LogP contribution in [-0.4, -0.2) is 34.2 Å². The molecule has 1 fully saturated rings. The Morgan fingerprint density at radius 1 is 1.32 bits per heavy atom. The van der Waals surface area contributed by atoms with Gasteiger partial charge in [-0.2, -0.15) is 5.06 Å². The lowest BCUT2D eigenvalue weighted by molar-refractivity contribution is -0.298. The van der Waals surface area contributed by atoms with Gasteiger partial charge in [-0.25, -0.2) is 0 Å². The third-order valence-corrected chi connectivity index (χ3v) is 4.56. The van der Waals surface area contributed by atoms with Gasteiger partial charge in [-0.15, -0.1) is 0 Å². The Labute approximate surface area is 136 Å². The predicted molar refractivity (Wildman–Crippen MR) is 91.4 cm³/mol. The number of amides is 1. The molecule has 1 saturated heterocycles. The molecule has 0 saturated carbocycles. The standard InChI is InChI=1S/C18H34N2O2/c1-9-15(10-2)13(3)22-20-17(5,6)11-16(19-14(4)21)12-18(20,7)8/h9,13,16H,10-12H2,1-8H3,(H,19,21)/b15-9+. The van der Waals surface area contributed by atoms with E-state index in [1.165, 1.54) is 5.57 Å². The van der Waals surface area contributed by atoms with Crippen LogP contribution in [0, 0.1) is 0 Å². The molecule has 22 heavy (non-hydrogen) atoms. The highest BCUT2D eigenvalue weighted by atomic mass is 16.7. The van der Waals surface area contributed by atoms with Crippen molar-refractivity contribution in [2.75, 3.05) is 0 Å². The molecule has 1 atom stereocenters. The molecule has 0 radical (unpaired) electrons. The van der Waals surface area contributed by atoms with Crippen LogP contribution < -0.4 is 5.32 Å². The summed E-state index contributed by atoms with van der Waals surface area (Å²) in [5.74, 6) is 0.0431. The molecule has 1 heterocycles. The maximum absolute atomic E-state index is 11.4. The third kappa shape index (κ3) is 4.56. The summed E-state index contributed by atoms with van der Waals surface area (Å²) in [6.45, 7) is 16.7. The normalized spacial score (nSPS) is 24.1. The number of hydroxylamine groups is 2. The lowest BCUT2D eigenvalue weighted by Gasteiger charge is -2.54. The van der Waals surface area contributed by atoms with E-state index in [0.29, 0.717) is 0 Å². The fourth-order valence-electron chi connectivity index (χ4n) is 3.89. The SMILES string of the molecule is C/C=C(\CC)C(C)ON1C(C)(C)CC(NC(C)=O)CC1(C)C. The molecule has 0 aromatic carbocycles. The molecular weight excluding hydrogens is 276 g/mol. The zero-order valence-electron chi connectivity index (χ0n) is 15.6. The first kappa shape index (κ1) is 19.2. The molecule has 1 rings (SSSR count). The molecule has 1 aliphatic heterocycles. The van der Waals surface area contributed by atoms with Crippen LogP contribution in [0.25, 0.3) is 0 Å². The Morgan fingerprint density at radius 2 is 1.82 bits per heavy atom. The van der Waals surface area contributed by atoms with E-state index in [1.807, 2.05) is 0 Å². The molecule has 1 aliphatic rings. The highest BCUT2D eigenvalue weighted by Gasteiger charge is 2.47. The van der Waals surface area contributed by atoms with Crippen molar-refractivity contribution in [1.82, 2.24) is 10.4 Å². The second-order valence-corrected chi connectivity index (χ2v) is 7.69. The van der Waals surface area contributed by atoms with E-state index in [-0.39, 0.29) is 29.1 Å². The Hall–Kier alpha value is -0.870. The van der Waals surface area contributed by atoms with Gasteiger partial charge in [0.05, 0.1) is 6.10 Å². The molecule has 0 aromatic heterocycles. The Balaban J connectivity index is 2.92. The van der Waals surface area contributed by atoms with Gasteiger partial charge in [0.25, 0.3) is 0 Å². The van der Waals surface area contributed by atoms with Crippen LogP contribution in [0.15, 0.2) is 11.6 Å². The van der Waals surface area contributed by atoms with Crippen LogP contribution >= 0.6 is 0 Å². The number of carbonyl (C=O) groups is 1. The first-order chi connectivity index (χ1) is 10.0. The largest absolute Gasteiger partial charge is 0.353 e. The van der Waals surface area contributed by atoms with Crippen LogP contribution in [-0.2, 0) is 9.63 Å². The van der Waals surface area contributed by atoms with Gasteiger partial charge in [0, 0.05) is 24.0 Å². The molecule has 1 unspecified atom stereocenters. The topological polar surface area (TPSA) is 41.6 Å². The van der Waals surface area contributed by atoms with Crippen molar-refractivity contribution < 1.29 is 9.63 Å². The third-order valence-electron chi connectivity index (χ3n) is 4.56. The smallest absolute Gasteiger partial charge is 0.217 e. The average molecular weight is 310 g/mol. The van der Waals surface area contributed by atoms with Crippen molar-refractivity contribution in [3.63, 3.8) is 0 Å².